The van der Waals surface area contributed by atoms with Crippen LogP contribution < -0.4 is 15.4 Å². The molecule has 5 rings (SSSR count). The zero-order valence-corrected chi connectivity index (χ0v) is 16.6. The van der Waals surface area contributed by atoms with Gasteiger partial charge in [-0.3, -0.25) is 10.4 Å². The first-order valence-corrected chi connectivity index (χ1v) is 9.62. The Hall–Kier alpha value is -4.46. The molecule has 0 saturated heterocycles. The minimum atomic E-state index is -0.404. The average molecular weight is 410 g/mol. The van der Waals surface area contributed by atoms with E-state index in [4.69, 9.17) is 4.74 Å². The van der Waals surface area contributed by atoms with Gasteiger partial charge >= 0.3 is 6.03 Å². The number of hydrogen-bond donors (Lipinski definition) is 3. The minimum absolute atomic E-state index is 0.371. The van der Waals surface area contributed by atoms with E-state index in [0.717, 1.165) is 22.1 Å². The zero-order chi connectivity index (χ0) is 21.2. The number of nitrogens with one attached hydrogen (secondary N) is 3. The van der Waals surface area contributed by atoms with Gasteiger partial charge in [-0.15, -0.1) is 0 Å². The number of carbonyl (C=O) groups is 1. The van der Waals surface area contributed by atoms with Crippen molar-refractivity contribution in [3.8, 4) is 17.0 Å². The van der Waals surface area contributed by atoms with E-state index in [-0.39, 0.29) is 0 Å². The maximum Gasteiger partial charge on any atom is 0.324 e. The number of anilines is 2. The van der Waals surface area contributed by atoms with Crippen molar-refractivity contribution < 1.29 is 9.53 Å². The summed E-state index contributed by atoms with van der Waals surface area (Å²) in [4.78, 5) is 21.6. The summed E-state index contributed by atoms with van der Waals surface area (Å²) >= 11 is 0. The third kappa shape index (κ3) is 3.62. The fourth-order valence-corrected chi connectivity index (χ4v) is 3.38. The molecule has 0 aliphatic rings. The third-order valence-corrected chi connectivity index (χ3v) is 4.93. The van der Waals surface area contributed by atoms with Crippen LogP contribution in [-0.4, -0.2) is 33.3 Å². The molecule has 152 valence electrons. The molecule has 3 N–H and O–H groups in total. The monoisotopic (exact) mass is 410 g/mol. The van der Waals surface area contributed by atoms with Crippen LogP contribution >= 0.6 is 0 Å². The lowest BCUT2D eigenvalue weighted by molar-refractivity contribution is 0.262. The number of fused-ring (bicyclic) bond motifs is 2. The summed E-state index contributed by atoms with van der Waals surface area (Å²) in [5.41, 5.74) is 3.14. The molecule has 0 bridgehead atoms. The molecule has 8 nitrogen and oxygen atoms in total. The van der Waals surface area contributed by atoms with Gasteiger partial charge in [0.1, 0.15) is 5.75 Å². The van der Waals surface area contributed by atoms with Gasteiger partial charge in [-0.2, -0.15) is 5.10 Å². The highest BCUT2D eigenvalue weighted by Gasteiger charge is 2.14. The molecule has 0 aliphatic heterocycles. The first kappa shape index (κ1) is 18.6. The molecule has 0 fully saturated rings. The lowest BCUT2D eigenvalue weighted by atomic mass is 10.1. The number of ether oxygens (including phenoxy) is 1. The third-order valence-electron chi connectivity index (χ3n) is 4.93. The number of nitrogens with zero attached hydrogens (tertiary/aromatic N) is 3. The highest BCUT2D eigenvalue weighted by Crippen LogP contribution is 2.25. The standard InChI is InChI=1S/C23H18N6O2/c1-31-16-11-9-15(10-12-16)19-13-24-21-20(25-19)22(29-28-21)27-23(30)26-18-8-4-6-14-5-2-3-7-17(14)18/h2-13H,1H3,(H3,24,26,27,28,29,30). The van der Waals surface area contributed by atoms with Gasteiger partial charge in [-0.05, 0) is 35.7 Å². The van der Waals surface area contributed by atoms with E-state index in [2.05, 4.69) is 30.8 Å². The van der Waals surface area contributed by atoms with Crippen molar-refractivity contribution in [3.05, 3.63) is 72.9 Å². The summed E-state index contributed by atoms with van der Waals surface area (Å²) in [6.45, 7) is 0. The van der Waals surface area contributed by atoms with E-state index in [1.54, 1.807) is 13.3 Å². The summed E-state index contributed by atoms with van der Waals surface area (Å²) < 4.78 is 5.20. The van der Waals surface area contributed by atoms with Crippen molar-refractivity contribution in [3.63, 3.8) is 0 Å². The summed E-state index contributed by atoms with van der Waals surface area (Å²) in [6.07, 6.45) is 1.64. The van der Waals surface area contributed by atoms with E-state index in [0.29, 0.717) is 28.4 Å². The normalized spacial score (nSPS) is 10.9. The molecule has 0 atom stereocenters. The number of urea groups is 1. The number of amides is 2. The van der Waals surface area contributed by atoms with Crippen LogP contribution in [0.15, 0.2) is 72.9 Å². The Labute approximate surface area is 177 Å². The molecule has 0 radical (unpaired) electrons. The number of carbonyl (C=O) groups excluding carboxylic acids is 1. The number of rotatable bonds is 4. The van der Waals surface area contributed by atoms with E-state index >= 15 is 0 Å². The molecule has 0 aliphatic carbocycles. The fourth-order valence-electron chi connectivity index (χ4n) is 3.38. The van der Waals surface area contributed by atoms with Crippen LogP contribution in [0.4, 0.5) is 16.3 Å². The number of methoxy groups -OCH3 is 1. The van der Waals surface area contributed by atoms with Crippen LogP contribution in [0.25, 0.3) is 33.2 Å². The van der Waals surface area contributed by atoms with Gasteiger partial charge in [0, 0.05) is 10.9 Å². The summed E-state index contributed by atoms with van der Waals surface area (Å²) in [6, 6.07) is 20.7. The van der Waals surface area contributed by atoms with Crippen LogP contribution in [-0.2, 0) is 0 Å². The molecule has 2 heterocycles. The number of H-pyrrole nitrogens is 1. The Bertz CT molecular complexity index is 1390. The lowest BCUT2D eigenvalue weighted by Gasteiger charge is -2.09. The quantitative estimate of drug-likeness (QED) is 0.394. The highest BCUT2D eigenvalue weighted by atomic mass is 16.5. The second-order valence-electron chi connectivity index (χ2n) is 6.86. The Kier molecular flexibility index (Phi) is 4.64. The Balaban J connectivity index is 1.41. The van der Waals surface area contributed by atoms with Gasteiger partial charge in [0.15, 0.2) is 11.3 Å². The number of hydrogen-bond acceptors (Lipinski definition) is 5. The molecule has 0 saturated carbocycles. The maximum atomic E-state index is 12.7. The molecule has 0 unspecified atom stereocenters. The van der Waals surface area contributed by atoms with Crippen molar-refractivity contribution in [2.24, 2.45) is 0 Å². The van der Waals surface area contributed by atoms with Crippen molar-refractivity contribution in [2.45, 2.75) is 0 Å². The number of aromatic amines is 1. The topological polar surface area (TPSA) is 105 Å². The van der Waals surface area contributed by atoms with Gasteiger partial charge in [0.25, 0.3) is 0 Å². The molecular weight excluding hydrogens is 392 g/mol. The summed E-state index contributed by atoms with van der Waals surface area (Å²) in [5.74, 6) is 1.13. The first-order valence-electron chi connectivity index (χ1n) is 9.62. The zero-order valence-electron chi connectivity index (χ0n) is 16.6. The molecule has 2 amide bonds. The lowest BCUT2D eigenvalue weighted by Crippen LogP contribution is -2.20. The second kappa shape index (κ2) is 7.75. The van der Waals surface area contributed by atoms with Crippen LogP contribution in [0.5, 0.6) is 5.75 Å². The summed E-state index contributed by atoms with van der Waals surface area (Å²) in [5, 5.41) is 14.6. The highest BCUT2D eigenvalue weighted by molar-refractivity contribution is 6.07. The molecule has 31 heavy (non-hydrogen) atoms. The van der Waals surface area contributed by atoms with Crippen LogP contribution in [0.3, 0.4) is 0 Å². The molecule has 2 aromatic heterocycles. The van der Waals surface area contributed by atoms with Gasteiger partial charge in [0.05, 0.1) is 24.7 Å². The fraction of sp³-hybridized carbons (Fsp3) is 0.0435. The first-order chi connectivity index (χ1) is 15.2. The van der Waals surface area contributed by atoms with Crippen LogP contribution in [0.1, 0.15) is 0 Å². The molecule has 8 heteroatoms. The summed E-state index contributed by atoms with van der Waals surface area (Å²) in [7, 11) is 1.62. The average Bonchev–Trinajstić information content (AvgIpc) is 3.21. The molecular formula is C23H18N6O2. The van der Waals surface area contributed by atoms with Crippen LogP contribution in [0, 0.1) is 0 Å². The van der Waals surface area contributed by atoms with Crippen molar-refractivity contribution in [2.75, 3.05) is 17.7 Å². The second-order valence-corrected chi connectivity index (χ2v) is 6.86. The van der Waals surface area contributed by atoms with Gasteiger partial charge < -0.3 is 10.1 Å². The van der Waals surface area contributed by atoms with Gasteiger partial charge in [-0.25, -0.2) is 14.8 Å². The van der Waals surface area contributed by atoms with Crippen molar-refractivity contribution >= 4 is 39.5 Å². The van der Waals surface area contributed by atoms with Gasteiger partial charge in [-0.1, -0.05) is 36.4 Å². The van der Waals surface area contributed by atoms with E-state index in [1.807, 2.05) is 66.7 Å². The number of benzene rings is 3. The predicted octanol–water partition coefficient (Wildman–Crippen LogP) is 4.83. The van der Waals surface area contributed by atoms with Crippen LogP contribution in [0.2, 0.25) is 0 Å². The molecule has 0 spiro atoms. The number of aromatic nitrogens is 4. The van der Waals surface area contributed by atoms with Gasteiger partial charge in [0.2, 0.25) is 5.65 Å². The Morgan fingerprint density at radius 3 is 2.61 bits per heavy atom. The Morgan fingerprint density at radius 1 is 0.968 bits per heavy atom. The smallest absolute Gasteiger partial charge is 0.324 e. The van der Waals surface area contributed by atoms with E-state index < -0.39 is 6.03 Å². The Morgan fingerprint density at radius 2 is 1.77 bits per heavy atom. The molecule has 5 aromatic rings. The largest absolute Gasteiger partial charge is 0.497 e. The SMILES string of the molecule is COc1ccc(-c2cnc3n[nH]c(NC(=O)Nc4cccc5ccccc45)c3n2)cc1. The van der Waals surface area contributed by atoms with Crippen molar-refractivity contribution in [1.29, 1.82) is 0 Å². The molecule has 3 aromatic carbocycles. The predicted molar refractivity (Wildman–Crippen MR) is 120 cm³/mol. The van der Waals surface area contributed by atoms with E-state index in [9.17, 15) is 4.79 Å². The van der Waals surface area contributed by atoms with Crippen molar-refractivity contribution in [1.82, 2.24) is 20.2 Å². The minimum Gasteiger partial charge on any atom is -0.497 e. The maximum absolute atomic E-state index is 12.7. The van der Waals surface area contributed by atoms with E-state index in [1.165, 1.54) is 0 Å².